The first-order chi connectivity index (χ1) is 14.7. The van der Waals surface area contributed by atoms with Gasteiger partial charge in [0, 0.05) is 54.9 Å². The van der Waals surface area contributed by atoms with Gasteiger partial charge in [-0.3, -0.25) is 4.90 Å². The van der Waals surface area contributed by atoms with Gasteiger partial charge < -0.3 is 20.9 Å². The van der Waals surface area contributed by atoms with Crippen molar-refractivity contribution in [3.8, 4) is 11.4 Å². The third kappa shape index (κ3) is 3.90. The van der Waals surface area contributed by atoms with E-state index in [9.17, 15) is 4.39 Å². The van der Waals surface area contributed by atoms with Crippen molar-refractivity contribution in [1.82, 2.24) is 35.5 Å². The Bertz CT molecular complexity index is 1080. The molecular weight excluding hydrogens is 407 g/mol. The molecule has 1 atom stereocenters. The molecule has 0 radical (unpaired) electrons. The molecule has 0 aromatic carbocycles. The number of H-pyrrole nitrogens is 1. The zero-order valence-corrected chi connectivity index (χ0v) is 17.0. The van der Waals surface area contributed by atoms with Gasteiger partial charge in [0.2, 0.25) is 0 Å². The molecule has 5 rings (SSSR count). The fourth-order valence-electron chi connectivity index (χ4n) is 4.03. The predicted molar refractivity (Wildman–Crippen MR) is 114 cm³/mol. The molecule has 156 valence electrons. The van der Waals surface area contributed by atoms with Crippen LogP contribution < -0.4 is 16.0 Å². The van der Waals surface area contributed by atoms with Gasteiger partial charge in [-0.1, -0.05) is 11.6 Å². The SMILES string of the molecule is Fc1cnc(-c2c[nH]c3ncc(Cl)cc23)nc1N[C@H]1CCCN(CC2NC=CN2)C1. The lowest BCUT2D eigenvalue weighted by Crippen LogP contribution is -2.49. The lowest BCUT2D eigenvalue weighted by molar-refractivity contribution is 0.195. The Balaban J connectivity index is 1.34. The molecule has 0 aliphatic carbocycles. The monoisotopic (exact) mass is 428 g/mol. The van der Waals surface area contributed by atoms with E-state index in [1.807, 2.05) is 12.4 Å². The van der Waals surface area contributed by atoms with Crippen molar-refractivity contribution in [1.29, 1.82) is 0 Å². The van der Waals surface area contributed by atoms with Crippen molar-refractivity contribution >= 4 is 28.5 Å². The van der Waals surface area contributed by atoms with Crippen LogP contribution in [0.3, 0.4) is 0 Å². The highest BCUT2D eigenvalue weighted by atomic mass is 35.5. The first-order valence-corrected chi connectivity index (χ1v) is 10.3. The van der Waals surface area contributed by atoms with Crippen molar-refractivity contribution in [2.45, 2.75) is 25.0 Å². The smallest absolute Gasteiger partial charge is 0.183 e. The first kappa shape index (κ1) is 19.1. The Morgan fingerprint density at radius 2 is 2.10 bits per heavy atom. The lowest BCUT2D eigenvalue weighted by Gasteiger charge is -2.34. The van der Waals surface area contributed by atoms with Crippen LogP contribution in [0.2, 0.25) is 5.02 Å². The number of aromatic nitrogens is 4. The lowest BCUT2D eigenvalue weighted by atomic mass is 10.1. The fourth-order valence-corrected chi connectivity index (χ4v) is 4.19. The van der Waals surface area contributed by atoms with Gasteiger partial charge >= 0.3 is 0 Å². The number of aromatic amines is 1. The quantitative estimate of drug-likeness (QED) is 0.496. The average molecular weight is 429 g/mol. The van der Waals surface area contributed by atoms with E-state index in [4.69, 9.17) is 11.6 Å². The molecule has 0 unspecified atom stereocenters. The Hall–Kier alpha value is -2.91. The Labute approximate surface area is 177 Å². The van der Waals surface area contributed by atoms with Crippen LogP contribution in [0.15, 0.2) is 37.1 Å². The number of pyridine rings is 1. The number of rotatable bonds is 5. The highest BCUT2D eigenvalue weighted by Crippen LogP contribution is 2.28. The van der Waals surface area contributed by atoms with Gasteiger partial charge in [0.1, 0.15) is 11.8 Å². The van der Waals surface area contributed by atoms with E-state index in [1.165, 1.54) is 6.20 Å². The summed E-state index contributed by atoms with van der Waals surface area (Å²) in [5, 5.41) is 11.1. The van der Waals surface area contributed by atoms with Crippen LogP contribution in [-0.4, -0.2) is 56.7 Å². The van der Waals surface area contributed by atoms with Crippen molar-refractivity contribution in [3.63, 3.8) is 0 Å². The number of likely N-dealkylation sites (tertiary alicyclic amines) is 1. The van der Waals surface area contributed by atoms with Gasteiger partial charge in [-0.25, -0.2) is 19.3 Å². The molecule has 1 saturated heterocycles. The van der Waals surface area contributed by atoms with Gasteiger partial charge in [-0.2, -0.15) is 0 Å². The largest absolute Gasteiger partial charge is 0.369 e. The number of halogens is 2. The number of nitrogens with zero attached hydrogens (tertiary/aromatic N) is 4. The summed E-state index contributed by atoms with van der Waals surface area (Å²) in [6.07, 6.45) is 10.6. The topological polar surface area (TPSA) is 93.8 Å². The van der Waals surface area contributed by atoms with E-state index in [0.29, 0.717) is 16.5 Å². The summed E-state index contributed by atoms with van der Waals surface area (Å²) in [6, 6.07) is 1.92. The summed E-state index contributed by atoms with van der Waals surface area (Å²) >= 11 is 6.09. The van der Waals surface area contributed by atoms with Crippen LogP contribution in [0.25, 0.3) is 22.4 Å². The standard InChI is InChI=1S/C20H22ClFN8/c21-12-6-14-15(8-26-18(14)25-7-12)19-27-9-16(22)20(29-19)28-13-2-1-5-30(10-13)11-17-23-3-4-24-17/h3-4,6-9,13,17,23-24H,1-2,5,10-11H2,(H,25,26)(H,27,28,29)/t13-/m0/s1. The molecule has 0 amide bonds. The molecule has 4 N–H and O–H groups in total. The third-order valence-corrected chi connectivity index (χ3v) is 5.65. The number of anilines is 1. The normalized spacial score (nSPS) is 19.7. The summed E-state index contributed by atoms with van der Waals surface area (Å²) in [5.74, 6) is 0.178. The number of hydrogen-bond donors (Lipinski definition) is 4. The third-order valence-electron chi connectivity index (χ3n) is 5.45. The van der Waals surface area contributed by atoms with E-state index in [-0.39, 0.29) is 18.0 Å². The Morgan fingerprint density at radius 1 is 1.23 bits per heavy atom. The molecule has 5 heterocycles. The van der Waals surface area contributed by atoms with Crippen molar-refractivity contribution < 1.29 is 4.39 Å². The molecule has 0 bridgehead atoms. The van der Waals surface area contributed by atoms with E-state index in [2.05, 4.69) is 40.8 Å². The average Bonchev–Trinajstić information content (AvgIpc) is 3.39. The molecule has 1 fully saturated rings. The maximum absolute atomic E-state index is 14.5. The zero-order valence-electron chi connectivity index (χ0n) is 16.2. The van der Waals surface area contributed by atoms with Gasteiger partial charge in [-0.05, 0) is 25.5 Å². The van der Waals surface area contributed by atoms with Crippen molar-refractivity contribution in [2.24, 2.45) is 0 Å². The van der Waals surface area contributed by atoms with Crippen molar-refractivity contribution in [2.75, 3.05) is 25.0 Å². The summed E-state index contributed by atoms with van der Waals surface area (Å²) in [7, 11) is 0. The van der Waals surface area contributed by atoms with Gasteiger partial charge in [0.15, 0.2) is 17.5 Å². The maximum atomic E-state index is 14.5. The van der Waals surface area contributed by atoms with Crippen LogP contribution in [0.4, 0.5) is 10.2 Å². The van der Waals surface area contributed by atoms with Gasteiger partial charge in [-0.15, -0.1) is 0 Å². The predicted octanol–water partition coefficient (Wildman–Crippen LogP) is 2.68. The molecule has 30 heavy (non-hydrogen) atoms. The molecule has 2 aliphatic rings. The van der Waals surface area contributed by atoms with Crippen LogP contribution in [-0.2, 0) is 0 Å². The molecule has 10 heteroatoms. The minimum Gasteiger partial charge on any atom is -0.369 e. The summed E-state index contributed by atoms with van der Waals surface area (Å²) < 4.78 is 14.5. The van der Waals surface area contributed by atoms with Crippen LogP contribution in [0.1, 0.15) is 12.8 Å². The Kier molecular flexibility index (Phi) is 5.14. The molecule has 0 spiro atoms. The number of piperidine rings is 1. The second-order valence-electron chi connectivity index (χ2n) is 7.60. The number of nitrogens with one attached hydrogen (secondary N) is 4. The Morgan fingerprint density at radius 3 is 2.97 bits per heavy atom. The first-order valence-electron chi connectivity index (χ1n) is 9.97. The highest BCUT2D eigenvalue weighted by Gasteiger charge is 2.24. The number of hydrogen-bond acceptors (Lipinski definition) is 7. The van der Waals surface area contributed by atoms with E-state index in [1.54, 1.807) is 18.5 Å². The second kappa shape index (κ2) is 8.08. The molecule has 0 saturated carbocycles. The van der Waals surface area contributed by atoms with E-state index in [0.717, 1.165) is 43.4 Å². The summed E-state index contributed by atoms with van der Waals surface area (Å²) in [5.41, 5.74) is 1.42. The fraction of sp³-hybridized carbons (Fsp3) is 0.350. The molecule has 2 aliphatic heterocycles. The van der Waals surface area contributed by atoms with Gasteiger partial charge in [0.05, 0.1) is 11.2 Å². The van der Waals surface area contributed by atoms with E-state index < -0.39 is 5.82 Å². The molecule has 3 aromatic rings. The van der Waals surface area contributed by atoms with Crippen LogP contribution in [0, 0.1) is 5.82 Å². The maximum Gasteiger partial charge on any atom is 0.183 e. The summed E-state index contributed by atoms with van der Waals surface area (Å²) in [4.78, 5) is 18.4. The van der Waals surface area contributed by atoms with Crippen LogP contribution in [0.5, 0.6) is 0 Å². The minimum atomic E-state index is -0.463. The van der Waals surface area contributed by atoms with Gasteiger partial charge in [0.25, 0.3) is 0 Å². The molecule has 8 nitrogen and oxygen atoms in total. The highest BCUT2D eigenvalue weighted by molar-refractivity contribution is 6.31. The molecule has 3 aromatic heterocycles. The molecular formula is C20H22ClFN8. The second-order valence-corrected chi connectivity index (χ2v) is 8.04. The summed E-state index contributed by atoms with van der Waals surface area (Å²) in [6.45, 7) is 2.73. The van der Waals surface area contributed by atoms with E-state index >= 15 is 0 Å². The van der Waals surface area contributed by atoms with Crippen molar-refractivity contribution in [3.05, 3.63) is 47.9 Å². The number of fused-ring (bicyclic) bond motifs is 1. The zero-order chi connectivity index (χ0) is 20.5. The van der Waals surface area contributed by atoms with Crippen LogP contribution >= 0.6 is 11.6 Å². The minimum absolute atomic E-state index is 0.115.